The normalized spacial score (nSPS) is 11.5. The molecule has 0 aliphatic rings. The average molecular weight is 1000 g/mol. The lowest BCUT2D eigenvalue weighted by molar-refractivity contribution is -0.149. The molecule has 0 aromatic heterocycles. The van der Waals surface area contributed by atoms with Crippen LogP contribution in [0.25, 0.3) is 0 Å². The summed E-state index contributed by atoms with van der Waals surface area (Å²) >= 11 is 9.19. The smallest absolute Gasteiger partial charge is 0.462 e. The molecule has 0 radical (unpaired) electrons. The molecule has 0 saturated carbocycles. The second kappa shape index (κ2) is 27.3. The Hall–Kier alpha value is -6.52. The van der Waals surface area contributed by atoms with Crippen molar-refractivity contribution >= 4 is 77.7 Å². The third-order valence-corrected chi connectivity index (χ3v) is 13.0. The van der Waals surface area contributed by atoms with Crippen LogP contribution >= 0.6 is 30.2 Å². The number of ether oxygens (including phenoxy) is 5. The van der Waals surface area contributed by atoms with Gasteiger partial charge in [-0.2, -0.15) is 0 Å². The molecule has 0 heterocycles. The van der Waals surface area contributed by atoms with Crippen molar-refractivity contribution in [2.75, 3.05) is 43.3 Å². The number of amides is 1. The van der Waals surface area contributed by atoms with Gasteiger partial charge in [0.25, 0.3) is 0 Å². The number of rotatable bonds is 26. The maximum absolute atomic E-state index is 13.3. The molecule has 356 valence electrons. The Labute approximate surface area is 408 Å². The Balaban J connectivity index is 1.23. The number of carbonyl (C=O) groups is 5. The lowest BCUT2D eigenvalue weighted by atomic mass is 10.1. The second-order valence-corrected chi connectivity index (χ2v) is 19.5. The summed E-state index contributed by atoms with van der Waals surface area (Å²) in [5.41, 5.74) is 2.12. The van der Waals surface area contributed by atoms with Crippen LogP contribution in [0.4, 0.5) is 10.5 Å². The van der Waals surface area contributed by atoms with Crippen LogP contribution in [-0.2, 0) is 67.5 Å². The van der Waals surface area contributed by atoms with Crippen molar-refractivity contribution in [2.45, 2.75) is 42.6 Å². The monoisotopic (exact) mass is 999 g/mol. The van der Waals surface area contributed by atoms with E-state index in [0.29, 0.717) is 34.1 Å². The summed E-state index contributed by atoms with van der Waals surface area (Å²) in [7, 11) is 0. The fourth-order valence-electron chi connectivity index (χ4n) is 5.48. The van der Waals surface area contributed by atoms with Gasteiger partial charge in [-0.15, -0.1) is 23.5 Å². The fraction of sp³-hybridized carbons (Fsp3) is 0.220. The average Bonchev–Trinajstić information content (AvgIpc) is 3.32. The quantitative estimate of drug-likeness (QED) is 0.0138. The van der Waals surface area contributed by atoms with Crippen LogP contribution in [0.3, 0.4) is 0 Å². The van der Waals surface area contributed by atoms with Gasteiger partial charge in [0.2, 0.25) is 0 Å². The molecule has 0 fully saturated rings. The van der Waals surface area contributed by atoms with Crippen LogP contribution in [-0.4, -0.2) is 74.0 Å². The molecule has 0 bridgehead atoms. The molecular formula is C50H50NO13PS3. The lowest BCUT2D eigenvalue weighted by Crippen LogP contribution is -2.24. The minimum atomic E-state index is -3.73. The van der Waals surface area contributed by atoms with E-state index in [4.69, 9.17) is 49.1 Å². The van der Waals surface area contributed by atoms with E-state index >= 15 is 0 Å². The van der Waals surface area contributed by atoms with Gasteiger partial charge < -0.3 is 37.3 Å². The van der Waals surface area contributed by atoms with Gasteiger partial charge in [0.15, 0.2) is 0 Å². The Bertz CT molecular complexity index is 2390. The van der Waals surface area contributed by atoms with Gasteiger partial charge in [-0.1, -0.05) is 73.8 Å². The predicted molar refractivity (Wildman–Crippen MR) is 265 cm³/mol. The number of esters is 4. The Morgan fingerprint density at radius 3 is 1.38 bits per heavy atom. The van der Waals surface area contributed by atoms with E-state index in [0.717, 1.165) is 9.79 Å². The third-order valence-electron chi connectivity index (χ3n) is 8.78. The molecule has 5 rings (SSSR count). The molecule has 1 N–H and O–H groups in total. The maximum atomic E-state index is 13.3. The molecule has 18 heteroatoms. The number of thioether (sulfide) groups is 2. The first-order chi connectivity index (χ1) is 32.7. The SMILES string of the molecule is C=C(C)C(=O)OCCOC(=O)Cc1ccc(OP(=S)(Oc2ccc(CC(=O)OC(CSc3ccccc3)CSc3ccccc3)cc2)Oc2ccc(NC(=O)OCCOC(=O)C(=C)C)cc2)cc1. The Kier molecular flexibility index (Phi) is 21.1. The predicted octanol–water partition coefficient (Wildman–Crippen LogP) is 10.4. The Morgan fingerprint density at radius 1 is 0.544 bits per heavy atom. The Morgan fingerprint density at radius 2 is 0.941 bits per heavy atom. The minimum Gasteiger partial charge on any atom is -0.462 e. The first-order valence-electron chi connectivity index (χ1n) is 21.0. The molecule has 0 saturated heterocycles. The van der Waals surface area contributed by atoms with Gasteiger partial charge in [0.1, 0.15) is 49.8 Å². The molecule has 5 aromatic rings. The minimum absolute atomic E-state index is 0.0166. The number of anilines is 1. The largest absolute Gasteiger partial charge is 0.490 e. The van der Waals surface area contributed by atoms with Gasteiger partial charge in [-0.25, -0.2) is 14.4 Å². The molecule has 1 unspecified atom stereocenters. The highest BCUT2D eigenvalue weighted by atomic mass is 32.5. The van der Waals surface area contributed by atoms with E-state index < -0.39 is 30.7 Å². The molecule has 0 aliphatic carbocycles. The zero-order valence-electron chi connectivity index (χ0n) is 37.3. The summed E-state index contributed by atoms with van der Waals surface area (Å²) in [5, 5.41) is 2.57. The van der Waals surface area contributed by atoms with Crippen molar-refractivity contribution in [3.05, 3.63) is 169 Å². The van der Waals surface area contributed by atoms with E-state index in [-0.39, 0.29) is 74.0 Å². The molecule has 14 nitrogen and oxygen atoms in total. The molecular weight excluding hydrogens is 950 g/mol. The summed E-state index contributed by atoms with van der Waals surface area (Å²) in [6, 6.07) is 39.4. The van der Waals surface area contributed by atoms with Crippen LogP contribution in [0.5, 0.6) is 17.2 Å². The van der Waals surface area contributed by atoms with Crippen molar-refractivity contribution in [1.29, 1.82) is 0 Å². The number of benzene rings is 5. The highest BCUT2D eigenvalue weighted by Crippen LogP contribution is 2.50. The topological polar surface area (TPSA) is 171 Å². The van der Waals surface area contributed by atoms with E-state index in [1.807, 2.05) is 60.7 Å². The van der Waals surface area contributed by atoms with Crippen molar-refractivity contribution < 1.29 is 61.2 Å². The van der Waals surface area contributed by atoms with E-state index in [1.165, 1.54) is 13.8 Å². The van der Waals surface area contributed by atoms with Gasteiger partial charge in [-0.05, 0) is 97.8 Å². The number of hydrogen-bond donors (Lipinski definition) is 1. The highest BCUT2D eigenvalue weighted by Gasteiger charge is 2.27. The standard InChI is InChI=1S/C50H50NO13PS3/c1-35(2)48(54)58-28-27-57-46(52)31-37-15-21-40(22-16-37)62-65(66,64-42-25-19-39(20-26-42)51-50(56)60-30-29-59-49(55)36(3)4)63-41-23-17-38(18-24-41)32-47(53)61-43(33-67-44-11-7-5-8-12-44)34-68-45-13-9-6-10-14-45/h5-26,43H,1,3,27-34H2,2,4H3,(H,51,56). The number of carbonyl (C=O) groups excluding carboxylic acids is 5. The van der Waals surface area contributed by atoms with Crippen LogP contribution in [0.1, 0.15) is 25.0 Å². The maximum Gasteiger partial charge on any atom is 0.490 e. The summed E-state index contributed by atoms with van der Waals surface area (Å²) in [5.74, 6) is -0.0813. The zero-order chi connectivity index (χ0) is 48.7. The molecule has 0 spiro atoms. The molecule has 1 atom stereocenters. The lowest BCUT2D eigenvalue weighted by Gasteiger charge is -2.23. The van der Waals surface area contributed by atoms with Crippen LogP contribution < -0.4 is 18.9 Å². The summed E-state index contributed by atoms with van der Waals surface area (Å²) in [6.07, 6.45) is -1.17. The zero-order valence-corrected chi connectivity index (χ0v) is 40.7. The molecule has 1 amide bonds. The van der Waals surface area contributed by atoms with Crippen molar-refractivity contribution in [2.24, 2.45) is 0 Å². The summed E-state index contributed by atoms with van der Waals surface area (Å²) in [6.45, 7) is 5.79. The molecule has 5 aromatic carbocycles. The number of nitrogens with one attached hydrogen (secondary N) is 1. The van der Waals surface area contributed by atoms with E-state index in [1.54, 1.807) is 96.3 Å². The first kappa shape index (κ1) is 52.4. The van der Waals surface area contributed by atoms with E-state index in [9.17, 15) is 24.0 Å². The van der Waals surface area contributed by atoms with Gasteiger partial charge >= 0.3 is 36.7 Å². The summed E-state index contributed by atoms with van der Waals surface area (Å²) < 4.78 is 44.8. The van der Waals surface area contributed by atoms with Gasteiger partial charge in [0.05, 0.1) is 12.8 Å². The van der Waals surface area contributed by atoms with Crippen LogP contribution in [0, 0.1) is 0 Å². The highest BCUT2D eigenvalue weighted by molar-refractivity contribution is 8.08. The summed E-state index contributed by atoms with van der Waals surface area (Å²) in [4.78, 5) is 63.4. The fourth-order valence-corrected chi connectivity index (χ4v) is 9.48. The second-order valence-electron chi connectivity index (χ2n) is 14.6. The van der Waals surface area contributed by atoms with Gasteiger partial charge in [-0.3, -0.25) is 14.9 Å². The van der Waals surface area contributed by atoms with Crippen LogP contribution in [0.15, 0.2) is 168 Å². The van der Waals surface area contributed by atoms with Crippen LogP contribution in [0.2, 0.25) is 0 Å². The van der Waals surface area contributed by atoms with E-state index in [2.05, 4.69) is 18.5 Å². The number of hydrogen-bond acceptors (Lipinski definition) is 16. The van der Waals surface area contributed by atoms with Crippen molar-refractivity contribution in [3.8, 4) is 17.2 Å². The van der Waals surface area contributed by atoms with Gasteiger partial charge in [0, 0.05) is 49.9 Å². The molecule has 68 heavy (non-hydrogen) atoms. The van der Waals surface area contributed by atoms with Crippen molar-refractivity contribution in [1.82, 2.24) is 0 Å². The van der Waals surface area contributed by atoms with Crippen molar-refractivity contribution in [3.63, 3.8) is 0 Å². The molecule has 0 aliphatic heterocycles. The first-order valence-corrected chi connectivity index (χ1v) is 25.5. The third kappa shape index (κ3) is 19.4.